The summed E-state index contributed by atoms with van der Waals surface area (Å²) in [7, 11) is 0. The first kappa shape index (κ1) is 17.6. The van der Waals surface area contributed by atoms with Crippen LogP contribution >= 0.6 is 15.9 Å². The van der Waals surface area contributed by atoms with Crippen LogP contribution in [0.25, 0.3) is 0 Å². The normalized spacial score (nSPS) is 25.4. The summed E-state index contributed by atoms with van der Waals surface area (Å²) >= 11 is 3.32. The lowest BCUT2D eigenvalue weighted by atomic mass is 9.81. The second-order valence-corrected chi connectivity index (χ2v) is 7.43. The van der Waals surface area contributed by atoms with E-state index in [-0.39, 0.29) is 5.82 Å². The van der Waals surface area contributed by atoms with Crippen molar-refractivity contribution in [1.29, 1.82) is 0 Å². The Balaban J connectivity index is 2.03. The van der Waals surface area contributed by atoms with Crippen molar-refractivity contribution in [2.24, 2.45) is 22.7 Å². The Morgan fingerprint density at radius 2 is 2.09 bits per heavy atom. The summed E-state index contributed by atoms with van der Waals surface area (Å²) in [6.07, 6.45) is 4.69. The molecule has 4 heteroatoms. The Kier molecular flexibility index (Phi) is 6.16. The molecule has 1 heterocycles. The lowest BCUT2D eigenvalue weighted by molar-refractivity contribution is -0.0233. The van der Waals surface area contributed by atoms with Crippen LogP contribution in [0.3, 0.4) is 0 Å². The van der Waals surface area contributed by atoms with Crippen LogP contribution in [0.4, 0.5) is 10.1 Å². The molecule has 4 unspecified atom stereocenters. The van der Waals surface area contributed by atoms with E-state index in [4.69, 9.17) is 4.74 Å². The van der Waals surface area contributed by atoms with Crippen LogP contribution < -0.4 is 0 Å². The average molecular weight is 370 g/mol. The first-order valence-electron chi connectivity index (χ1n) is 8.00. The molecule has 122 valence electrons. The van der Waals surface area contributed by atoms with Crippen molar-refractivity contribution in [3.05, 3.63) is 28.0 Å². The number of benzene rings is 1. The van der Waals surface area contributed by atoms with E-state index in [2.05, 4.69) is 41.7 Å². The Morgan fingerprint density at radius 1 is 1.36 bits per heavy atom. The third kappa shape index (κ3) is 4.39. The predicted octanol–water partition coefficient (Wildman–Crippen LogP) is 5.69. The van der Waals surface area contributed by atoms with Gasteiger partial charge in [-0.25, -0.2) is 4.39 Å². The third-order valence-electron chi connectivity index (χ3n) is 4.84. The highest BCUT2D eigenvalue weighted by Gasteiger charge is 2.26. The molecule has 1 aromatic rings. The molecule has 1 aliphatic rings. The maximum Gasteiger partial charge on any atom is 0.129 e. The average Bonchev–Trinajstić information content (AvgIpc) is 2.49. The molecule has 0 bridgehead atoms. The fourth-order valence-electron chi connectivity index (χ4n) is 2.85. The molecule has 0 amide bonds. The van der Waals surface area contributed by atoms with E-state index in [0.717, 1.165) is 17.5 Å². The molecule has 0 radical (unpaired) electrons. The topological polar surface area (TPSA) is 21.6 Å². The van der Waals surface area contributed by atoms with Crippen LogP contribution in [0.1, 0.15) is 39.2 Å². The zero-order valence-corrected chi connectivity index (χ0v) is 15.4. The van der Waals surface area contributed by atoms with Gasteiger partial charge in [0, 0.05) is 16.3 Å². The van der Waals surface area contributed by atoms with Crippen LogP contribution in [0, 0.1) is 30.5 Å². The van der Waals surface area contributed by atoms with E-state index < -0.39 is 0 Å². The van der Waals surface area contributed by atoms with Crippen molar-refractivity contribution in [3.8, 4) is 0 Å². The molecule has 22 heavy (non-hydrogen) atoms. The zero-order chi connectivity index (χ0) is 16.3. The highest BCUT2D eigenvalue weighted by atomic mass is 79.9. The van der Waals surface area contributed by atoms with Crippen molar-refractivity contribution >= 4 is 27.8 Å². The Morgan fingerprint density at radius 3 is 2.73 bits per heavy atom. The lowest BCUT2D eigenvalue weighted by Gasteiger charge is -2.33. The summed E-state index contributed by atoms with van der Waals surface area (Å²) in [5.41, 5.74) is 1.29. The Bertz CT molecular complexity index is 538. The van der Waals surface area contributed by atoms with E-state index in [1.807, 2.05) is 12.3 Å². The standard InChI is InChI=1S/C18H25BrFNO/c1-11(13(3)15-6-5-12(2)22-10-15)9-21-18-8-16(19)7-17(20)14(18)4/h7-9,11-13,15H,5-6,10H2,1-4H3. The van der Waals surface area contributed by atoms with Crippen LogP contribution in [-0.2, 0) is 4.74 Å². The summed E-state index contributed by atoms with van der Waals surface area (Å²) in [4.78, 5) is 4.52. The van der Waals surface area contributed by atoms with Gasteiger partial charge in [0.05, 0.1) is 18.4 Å². The van der Waals surface area contributed by atoms with Gasteiger partial charge in [-0.05, 0) is 56.6 Å². The van der Waals surface area contributed by atoms with Gasteiger partial charge in [0.2, 0.25) is 0 Å². The van der Waals surface area contributed by atoms with E-state index in [9.17, 15) is 4.39 Å². The van der Waals surface area contributed by atoms with Gasteiger partial charge in [-0.1, -0.05) is 29.8 Å². The minimum atomic E-state index is -0.225. The van der Waals surface area contributed by atoms with Gasteiger partial charge in [0.15, 0.2) is 0 Å². The number of hydrogen-bond acceptors (Lipinski definition) is 2. The predicted molar refractivity (Wildman–Crippen MR) is 93.5 cm³/mol. The molecule has 2 nitrogen and oxygen atoms in total. The second-order valence-electron chi connectivity index (χ2n) is 6.51. The van der Waals surface area contributed by atoms with Crippen LogP contribution in [0.15, 0.2) is 21.6 Å². The molecule has 0 aromatic heterocycles. The summed E-state index contributed by atoms with van der Waals surface area (Å²) < 4.78 is 20.2. The number of rotatable bonds is 4. The van der Waals surface area contributed by atoms with E-state index >= 15 is 0 Å². The monoisotopic (exact) mass is 369 g/mol. The minimum absolute atomic E-state index is 0.225. The van der Waals surface area contributed by atoms with Crippen LogP contribution in [-0.4, -0.2) is 18.9 Å². The van der Waals surface area contributed by atoms with E-state index in [1.165, 1.54) is 12.5 Å². The van der Waals surface area contributed by atoms with E-state index in [0.29, 0.717) is 35.1 Å². The van der Waals surface area contributed by atoms with Crippen molar-refractivity contribution < 1.29 is 9.13 Å². The SMILES string of the molecule is Cc1c(F)cc(Br)cc1N=CC(C)C(C)C1CCC(C)OC1. The summed E-state index contributed by atoms with van der Waals surface area (Å²) in [5, 5.41) is 0. The number of nitrogens with zero attached hydrogens (tertiary/aromatic N) is 1. The van der Waals surface area contributed by atoms with E-state index in [1.54, 1.807) is 6.92 Å². The van der Waals surface area contributed by atoms with Crippen molar-refractivity contribution in [1.82, 2.24) is 0 Å². The summed E-state index contributed by atoms with van der Waals surface area (Å²) in [6.45, 7) is 9.17. The first-order chi connectivity index (χ1) is 10.4. The maximum atomic E-state index is 13.7. The summed E-state index contributed by atoms with van der Waals surface area (Å²) in [6, 6.07) is 3.33. The molecular formula is C18H25BrFNO. The maximum absolute atomic E-state index is 13.7. The highest BCUT2D eigenvalue weighted by Crippen LogP contribution is 2.30. The Hall–Kier alpha value is -0.740. The van der Waals surface area contributed by atoms with Crippen molar-refractivity contribution in [2.75, 3.05) is 6.61 Å². The number of aliphatic imine (C=N–C) groups is 1. The molecule has 1 fully saturated rings. The second kappa shape index (κ2) is 7.69. The zero-order valence-electron chi connectivity index (χ0n) is 13.8. The molecule has 0 N–H and O–H groups in total. The molecule has 4 atom stereocenters. The molecule has 1 saturated heterocycles. The quantitative estimate of drug-likeness (QED) is 0.625. The highest BCUT2D eigenvalue weighted by molar-refractivity contribution is 9.10. The van der Waals surface area contributed by atoms with Gasteiger partial charge >= 0.3 is 0 Å². The first-order valence-corrected chi connectivity index (χ1v) is 8.79. The summed E-state index contributed by atoms with van der Waals surface area (Å²) in [5.74, 6) is 1.20. The van der Waals surface area contributed by atoms with Crippen LogP contribution in [0.5, 0.6) is 0 Å². The lowest BCUT2D eigenvalue weighted by Crippen LogP contribution is -2.31. The van der Waals surface area contributed by atoms with Crippen LogP contribution in [0.2, 0.25) is 0 Å². The van der Waals surface area contributed by atoms with Gasteiger partial charge in [-0.15, -0.1) is 0 Å². The van der Waals surface area contributed by atoms with Gasteiger partial charge in [0.25, 0.3) is 0 Å². The van der Waals surface area contributed by atoms with Gasteiger partial charge < -0.3 is 4.74 Å². The molecule has 0 aliphatic carbocycles. The minimum Gasteiger partial charge on any atom is -0.378 e. The molecular weight excluding hydrogens is 345 g/mol. The van der Waals surface area contributed by atoms with Crippen molar-refractivity contribution in [2.45, 2.75) is 46.6 Å². The number of halogens is 2. The molecule has 0 spiro atoms. The fourth-order valence-corrected chi connectivity index (χ4v) is 3.27. The number of hydrogen-bond donors (Lipinski definition) is 0. The molecule has 2 rings (SSSR count). The smallest absolute Gasteiger partial charge is 0.129 e. The number of ether oxygens (including phenoxy) is 1. The third-order valence-corrected chi connectivity index (χ3v) is 5.30. The van der Waals surface area contributed by atoms with Gasteiger partial charge in [0.1, 0.15) is 5.82 Å². The fraction of sp³-hybridized carbons (Fsp3) is 0.611. The Labute approximate surface area is 141 Å². The van der Waals surface area contributed by atoms with Crippen molar-refractivity contribution in [3.63, 3.8) is 0 Å². The molecule has 1 aliphatic heterocycles. The van der Waals surface area contributed by atoms with Gasteiger partial charge in [-0.2, -0.15) is 0 Å². The van der Waals surface area contributed by atoms with Gasteiger partial charge in [-0.3, -0.25) is 4.99 Å². The molecule has 0 saturated carbocycles. The largest absolute Gasteiger partial charge is 0.378 e. The molecule has 1 aromatic carbocycles.